The molecule has 11 heteroatoms. The van der Waals surface area contributed by atoms with Gasteiger partial charge in [-0.15, -0.1) is 4.40 Å². The van der Waals surface area contributed by atoms with Crippen LogP contribution in [-0.2, 0) is 24.8 Å². The molecule has 1 heterocycles. The monoisotopic (exact) mass is 492 g/mol. The Balaban J connectivity index is 1.62. The lowest BCUT2D eigenvalue weighted by Crippen LogP contribution is -2.27. The second kappa shape index (κ2) is 10.9. The Bertz CT molecular complexity index is 1210. The number of rotatable bonds is 8. The van der Waals surface area contributed by atoms with Crippen LogP contribution >= 0.6 is 0 Å². The van der Waals surface area contributed by atoms with E-state index >= 15 is 0 Å². The van der Waals surface area contributed by atoms with Crippen LogP contribution in [0.3, 0.4) is 0 Å². The van der Waals surface area contributed by atoms with Crippen LogP contribution in [0.2, 0.25) is 0 Å². The fourth-order valence-corrected chi connectivity index (χ4v) is 5.57. The van der Waals surface area contributed by atoms with Gasteiger partial charge in [0.2, 0.25) is 15.9 Å². The normalized spacial score (nSPS) is 16.4. The third-order valence-corrected chi connectivity index (χ3v) is 7.95. The van der Waals surface area contributed by atoms with Gasteiger partial charge in [-0.05, 0) is 43.2 Å². The summed E-state index contributed by atoms with van der Waals surface area (Å²) in [5.41, 5.74) is 0.293. The molecule has 3 rings (SSSR count). The van der Waals surface area contributed by atoms with Gasteiger partial charge in [-0.25, -0.2) is 13.1 Å². The summed E-state index contributed by atoms with van der Waals surface area (Å²) < 4.78 is 56.4. The van der Waals surface area contributed by atoms with Gasteiger partial charge in [-0.2, -0.15) is 8.42 Å². The van der Waals surface area contributed by atoms with Crippen LogP contribution in [0.4, 0.5) is 5.69 Å². The van der Waals surface area contributed by atoms with Crippen LogP contribution in [0.5, 0.6) is 0 Å². The summed E-state index contributed by atoms with van der Waals surface area (Å²) in [5.74, 6) is 0.0859. The molecular formula is C22H28N4O5S2. The average molecular weight is 493 g/mol. The summed E-state index contributed by atoms with van der Waals surface area (Å²) in [4.78, 5) is 14.2. The molecule has 33 heavy (non-hydrogen) atoms. The van der Waals surface area contributed by atoms with Crippen LogP contribution < -0.4 is 10.0 Å². The van der Waals surface area contributed by atoms with E-state index in [1.54, 1.807) is 24.3 Å². The number of likely N-dealkylation sites (tertiary alicyclic amines) is 1. The number of amides is 1. The van der Waals surface area contributed by atoms with Gasteiger partial charge < -0.3 is 10.2 Å². The van der Waals surface area contributed by atoms with E-state index in [9.17, 15) is 21.6 Å². The molecule has 1 fully saturated rings. The Labute approximate surface area is 195 Å². The van der Waals surface area contributed by atoms with Crippen molar-refractivity contribution in [2.24, 2.45) is 4.40 Å². The quantitative estimate of drug-likeness (QED) is 0.584. The predicted molar refractivity (Wildman–Crippen MR) is 127 cm³/mol. The van der Waals surface area contributed by atoms with Crippen LogP contribution in [0, 0.1) is 0 Å². The van der Waals surface area contributed by atoms with Crippen molar-refractivity contribution in [3.63, 3.8) is 0 Å². The number of nitrogens with one attached hydrogen (secondary N) is 2. The highest BCUT2D eigenvalue weighted by atomic mass is 32.2. The van der Waals surface area contributed by atoms with E-state index in [-0.39, 0.29) is 22.8 Å². The lowest BCUT2D eigenvalue weighted by molar-refractivity contribution is -0.116. The number of benzene rings is 2. The molecule has 1 amide bonds. The van der Waals surface area contributed by atoms with Gasteiger partial charge in [0.05, 0.1) is 9.79 Å². The summed E-state index contributed by atoms with van der Waals surface area (Å²) in [6.45, 7) is 0.666. The first-order chi connectivity index (χ1) is 15.7. The number of hydrogen-bond donors (Lipinski definition) is 2. The molecule has 2 N–H and O–H groups in total. The maximum atomic E-state index is 12.8. The van der Waals surface area contributed by atoms with Crippen LogP contribution in [0.1, 0.15) is 32.1 Å². The van der Waals surface area contributed by atoms with E-state index in [4.69, 9.17) is 0 Å². The van der Waals surface area contributed by atoms with E-state index in [1.165, 1.54) is 30.3 Å². The van der Waals surface area contributed by atoms with E-state index in [2.05, 4.69) is 14.4 Å². The Morgan fingerprint density at radius 2 is 1.70 bits per heavy atom. The second-order valence-electron chi connectivity index (χ2n) is 7.75. The molecule has 0 atom stereocenters. The van der Waals surface area contributed by atoms with Crippen LogP contribution in [0.25, 0.3) is 0 Å². The molecule has 0 bridgehead atoms. The highest BCUT2D eigenvalue weighted by Gasteiger charge is 2.19. The lowest BCUT2D eigenvalue weighted by Gasteiger charge is -2.17. The molecular weight excluding hydrogens is 464 g/mol. The zero-order chi connectivity index (χ0) is 23.9. The first kappa shape index (κ1) is 24.9. The standard InChI is InChI=1S/C22H28N4O5S2/c1-26-16-7-3-6-13-21(26)25-33(30,31)20-12-8-9-18(17-20)24-22(27)14-15-23-32(28,29)19-10-4-2-5-11-19/h2,4-5,8-12,17,23H,3,6-7,13-16H2,1H3,(H,24,27)/b25-21+. The maximum absolute atomic E-state index is 12.8. The molecule has 0 saturated carbocycles. The van der Waals surface area contributed by atoms with Crippen molar-refractivity contribution in [2.75, 3.05) is 25.5 Å². The third kappa shape index (κ3) is 7.11. The molecule has 178 valence electrons. The highest BCUT2D eigenvalue weighted by molar-refractivity contribution is 7.90. The summed E-state index contributed by atoms with van der Waals surface area (Å²) in [7, 11) is -5.80. The SMILES string of the molecule is CN1CCCCC/C1=N\S(=O)(=O)c1cccc(NC(=O)CCNS(=O)(=O)c2ccccc2)c1. The minimum atomic E-state index is -3.93. The first-order valence-corrected chi connectivity index (χ1v) is 13.6. The number of carbonyl (C=O) groups excluding carboxylic acids is 1. The van der Waals surface area contributed by atoms with E-state index in [0.29, 0.717) is 17.9 Å². The number of hydrogen-bond acceptors (Lipinski definition) is 5. The van der Waals surface area contributed by atoms with Crippen LogP contribution in [-0.4, -0.2) is 53.6 Å². The van der Waals surface area contributed by atoms with Gasteiger partial charge in [-0.1, -0.05) is 30.7 Å². The van der Waals surface area contributed by atoms with E-state index < -0.39 is 26.0 Å². The second-order valence-corrected chi connectivity index (χ2v) is 11.1. The molecule has 1 aliphatic heterocycles. The summed E-state index contributed by atoms with van der Waals surface area (Å²) in [6, 6.07) is 13.7. The van der Waals surface area contributed by atoms with Gasteiger partial charge in [0.25, 0.3) is 10.0 Å². The molecule has 2 aromatic rings. The number of carbonyl (C=O) groups is 1. The van der Waals surface area contributed by atoms with Gasteiger partial charge in [0, 0.05) is 38.7 Å². The number of amidine groups is 1. The van der Waals surface area contributed by atoms with Gasteiger partial charge in [0.15, 0.2) is 0 Å². The van der Waals surface area contributed by atoms with E-state index in [1.807, 2.05) is 11.9 Å². The summed E-state index contributed by atoms with van der Waals surface area (Å²) in [6.07, 6.45) is 3.41. The smallest absolute Gasteiger partial charge is 0.284 e. The number of sulfonamides is 2. The fourth-order valence-electron chi connectivity index (χ4n) is 3.38. The Hall–Kier alpha value is -2.76. The summed E-state index contributed by atoms with van der Waals surface area (Å²) >= 11 is 0. The topological polar surface area (TPSA) is 125 Å². The van der Waals surface area contributed by atoms with Crippen molar-refractivity contribution in [1.29, 1.82) is 0 Å². The first-order valence-electron chi connectivity index (χ1n) is 10.7. The summed E-state index contributed by atoms with van der Waals surface area (Å²) in [5, 5.41) is 2.61. The molecule has 0 radical (unpaired) electrons. The highest BCUT2D eigenvalue weighted by Crippen LogP contribution is 2.20. The van der Waals surface area contributed by atoms with Gasteiger partial charge in [-0.3, -0.25) is 4.79 Å². The lowest BCUT2D eigenvalue weighted by atomic mass is 10.2. The predicted octanol–water partition coefficient (Wildman–Crippen LogP) is 2.59. The number of anilines is 1. The van der Waals surface area contributed by atoms with Gasteiger partial charge >= 0.3 is 0 Å². The van der Waals surface area contributed by atoms with Crippen molar-refractivity contribution < 1.29 is 21.6 Å². The van der Waals surface area contributed by atoms with Crippen molar-refractivity contribution in [1.82, 2.24) is 9.62 Å². The van der Waals surface area contributed by atoms with Crippen molar-refractivity contribution in [3.05, 3.63) is 54.6 Å². The molecule has 1 saturated heterocycles. The Morgan fingerprint density at radius 1 is 0.970 bits per heavy atom. The Kier molecular flexibility index (Phi) is 8.22. The average Bonchev–Trinajstić information content (AvgIpc) is 2.98. The van der Waals surface area contributed by atoms with Crippen LogP contribution in [0.15, 0.2) is 68.8 Å². The molecule has 0 unspecified atom stereocenters. The van der Waals surface area contributed by atoms with Crippen molar-refractivity contribution >= 4 is 37.5 Å². The molecule has 0 aromatic heterocycles. The number of nitrogens with zero attached hydrogens (tertiary/aromatic N) is 2. The minimum absolute atomic E-state index is 0.0183. The fraction of sp³-hybridized carbons (Fsp3) is 0.364. The molecule has 9 nitrogen and oxygen atoms in total. The minimum Gasteiger partial charge on any atom is -0.362 e. The van der Waals surface area contributed by atoms with Crippen molar-refractivity contribution in [3.8, 4) is 0 Å². The zero-order valence-electron chi connectivity index (χ0n) is 18.4. The van der Waals surface area contributed by atoms with Gasteiger partial charge in [0.1, 0.15) is 5.84 Å². The third-order valence-electron chi connectivity index (χ3n) is 5.17. The van der Waals surface area contributed by atoms with Crippen molar-refractivity contribution in [2.45, 2.75) is 41.9 Å². The van der Waals surface area contributed by atoms with E-state index in [0.717, 1.165) is 25.8 Å². The molecule has 2 aromatic carbocycles. The molecule has 0 aliphatic carbocycles. The largest absolute Gasteiger partial charge is 0.362 e. The maximum Gasteiger partial charge on any atom is 0.284 e. The molecule has 1 aliphatic rings. The Morgan fingerprint density at radius 3 is 2.45 bits per heavy atom. The molecule has 0 spiro atoms. The zero-order valence-corrected chi connectivity index (χ0v) is 20.0.